The number of hydrogen-bond acceptors (Lipinski definition) is 1. The molecule has 0 radical (unpaired) electrons. The van der Waals surface area contributed by atoms with Gasteiger partial charge in [-0.25, -0.2) is 0 Å². The van der Waals surface area contributed by atoms with E-state index in [9.17, 15) is 4.79 Å². The molecular weight excluding hydrogens is 349 g/mol. The Labute approximate surface area is 146 Å². The standard InChI is InChI=1S/C20H25NOSe/c1-14(2)21(15(3)4)20(22)18-12-7-6-10-16(18)17-11-8-9-13-19(17)23-5/h6-15H,1-5H3. The molecule has 0 aromatic heterocycles. The zero-order chi connectivity index (χ0) is 17.0. The molecule has 2 aromatic rings. The van der Waals surface area contributed by atoms with Gasteiger partial charge in [-0.2, -0.15) is 0 Å². The first-order valence-corrected chi connectivity index (χ1v) is 10.6. The third kappa shape index (κ3) is 3.85. The van der Waals surface area contributed by atoms with Gasteiger partial charge in [0.15, 0.2) is 0 Å². The summed E-state index contributed by atoms with van der Waals surface area (Å²) < 4.78 is 1.33. The van der Waals surface area contributed by atoms with Crippen molar-refractivity contribution in [3.05, 3.63) is 54.1 Å². The van der Waals surface area contributed by atoms with E-state index in [-0.39, 0.29) is 18.0 Å². The molecule has 0 saturated carbocycles. The summed E-state index contributed by atoms with van der Waals surface area (Å²) in [5.74, 6) is 2.33. The van der Waals surface area contributed by atoms with E-state index in [0.717, 1.165) is 11.1 Å². The van der Waals surface area contributed by atoms with Gasteiger partial charge in [0.2, 0.25) is 0 Å². The van der Waals surface area contributed by atoms with E-state index in [1.54, 1.807) is 0 Å². The number of carbonyl (C=O) groups excluding carboxylic acids is 1. The van der Waals surface area contributed by atoms with Gasteiger partial charge < -0.3 is 0 Å². The molecule has 23 heavy (non-hydrogen) atoms. The van der Waals surface area contributed by atoms with Crippen molar-refractivity contribution < 1.29 is 4.79 Å². The molecule has 1 amide bonds. The summed E-state index contributed by atoms with van der Waals surface area (Å²) in [6.45, 7) is 8.29. The first-order valence-electron chi connectivity index (χ1n) is 8.02. The van der Waals surface area contributed by atoms with Gasteiger partial charge in [-0.3, -0.25) is 0 Å². The molecule has 0 saturated heterocycles. The van der Waals surface area contributed by atoms with Gasteiger partial charge in [0.05, 0.1) is 0 Å². The Kier molecular flexibility index (Phi) is 6.03. The molecule has 2 nitrogen and oxygen atoms in total. The molecule has 0 spiro atoms. The van der Waals surface area contributed by atoms with Crippen LogP contribution in [0.5, 0.6) is 0 Å². The van der Waals surface area contributed by atoms with Crippen LogP contribution >= 0.6 is 0 Å². The number of benzene rings is 2. The van der Waals surface area contributed by atoms with E-state index in [2.05, 4.69) is 63.8 Å². The van der Waals surface area contributed by atoms with Crippen LogP contribution in [0.1, 0.15) is 38.1 Å². The fraction of sp³-hybridized carbons (Fsp3) is 0.350. The third-order valence-electron chi connectivity index (χ3n) is 3.90. The predicted octanol–water partition coefficient (Wildman–Crippen LogP) is 3.99. The van der Waals surface area contributed by atoms with Crippen molar-refractivity contribution in [1.29, 1.82) is 0 Å². The monoisotopic (exact) mass is 375 g/mol. The average Bonchev–Trinajstić information content (AvgIpc) is 2.54. The number of amides is 1. The van der Waals surface area contributed by atoms with Crippen LogP contribution in [0.15, 0.2) is 48.5 Å². The number of rotatable bonds is 5. The topological polar surface area (TPSA) is 20.3 Å². The van der Waals surface area contributed by atoms with Crippen molar-refractivity contribution in [2.75, 3.05) is 0 Å². The SMILES string of the molecule is C[Se]c1ccccc1-c1ccccc1C(=O)N(C(C)C)C(C)C. The molecule has 2 aromatic carbocycles. The molecule has 0 bridgehead atoms. The van der Waals surface area contributed by atoms with E-state index in [4.69, 9.17) is 0 Å². The molecule has 0 fully saturated rings. The summed E-state index contributed by atoms with van der Waals surface area (Å²) in [7, 11) is 0. The fourth-order valence-electron chi connectivity index (χ4n) is 2.98. The summed E-state index contributed by atoms with van der Waals surface area (Å²) >= 11 is 0.391. The van der Waals surface area contributed by atoms with Crippen molar-refractivity contribution in [2.45, 2.75) is 45.6 Å². The Balaban J connectivity index is 2.56. The summed E-state index contributed by atoms with van der Waals surface area (Å²) in [5, 5.41) is 0. The van der Waals surface area contributed by atoms with Gasteiger partial charge >= 0.3 is 146 Å². The molecule has 0 aliphatic rings. The minimum atomic E-state index is 0.115. The molecule has 2 rings (SSSR count). The Morgan fingerprint density at radius 1 is 0.870 bits per heavy atom. The molecule has 0 aliphatic heterocycles. The number of hydrogen-bond donors (Lipinski definition) is 0. The molecular formula is C20H25NOSe. The van der Waals surface area contributed by atoms with Gasteiger partial charge in [-0.1, -0.05) is 0 Å². The fourth-order valence-corrected chi connectivity index (χ4v) is 4.26. The summed E-state index contributed by atoms with van der Waals surface area (Å²) in [5.41, 5.74) is 3.03. The predicted molar refractivity (Wildman–Crippen MR) is 99.6 cm³/mol. The van der Waals surface area contributed by atoms with Gasteiger partial charge in [-0.05, 0) is 0 Å². The Morgan fingerprint density at radius 3 is 1.96 bits per heavy atom. The van der Waals surface area contributed by atoms with E-state index in [1.165, 1.54) is 10.0 Å². The molecule has 3 heteroatoms. The minimum absolute atomic E-state index is 0.115. The van der Waals surface area contributed by atoms with Crippen LogP contribution in [-0.2, 0) is 0 Å². The van der Waals surface area contributed by atoms with Crippen LogP contribution in [0.4, 0.5) is 0 Å². The zero-order valence-electron chi connectivity index (χ0n) is 14.5. The molecule has 0 aliphatic carbocycles. The first kappa shape index (κ1) is 17.8. The molecule has 0 unspecified atom stereocenters. The van der Waals surface area contributed by atoms with Crippen molar-refractivity contribution in [1.82, 2.24) is 4.90 Å². The number of nitrogens with zero attached hydrogens (tertiary/aromatic N) is 1. The van der Waals surface area contributed by atoms with Crippen molar-refractivity contribution >= 4 is 25.3 Å². The number of carbonyl (C=O) groups is 1. The second-order valence-electron chi connectivity index (χ2n) is 6.15. The maximum atomic E-state index is 13.2. The van der Waals surface area contributed by atoms with Crippen LogP contribution in [-0.4, -0.2) is 37.8 Å². The van der Waals surface area contributed by atoms with Crippen LogP contribution in [0.3, 0.4) is 0 Å². The van der Waals surface area contributed by atoms with Gasteiger partial charge in [-0.15, -0.1) is 0 Å². The van der Waals surface area contributed by atoms with Gasteiger partial charge in [0, 0.05) is 0 Å². The molecule has 122 valence electrons. The van der Waals surface area contributed by atoms with Crippen molar-refractivity contribution in [3.8, 4) is 11.1 Å². The molecule has 0 N–H and O–H groups in total. The third-order valence-corrected chi connectivity index (χ3v) is 5.57. The Hall–Kier alpha value is -1.57. The zero-order valence-corrected chi connectivity index (χ0v) is 16.3. The van der Waals surface area contributed by atoms with Crippen LogP contribution in [0, 0.1) is 0 Å². The van der Waals surface area contributed by atoms with E-state index < -0.39 is 0 Å². The first-order chi connectivity index (χ1) is 11.0. The Morgan fingerprint density at radius 2 is 1.39 bits per heavy atom. The normalized spacial score (nSPS) is 11.1. The maximum absolute atomic E-state index is 13.2. The average molecular weight is 374 g/mol. The van der Waals surface area contributed by atoms with Crippen LogP contribution in [0.2, 0.25) is 5.82 Å². The second kappa shape index (κ2) is 7.81. The quantitative estimate of drug-likeness (QED) is 0.725. The second-order valence-corrected chi connectivity index (χ2v) is 7.93. The molecule has 0 atom stereocenters. The molecule has 0 heterocycles. The van der Waals surface area contributed by atoms with Crippen LogP contribution in [0.25, 0.3) is 11.1 Å². The summed E-state index contributed by atoms with van der Waals surface area (Å²) in [6.07, 6.45) is 0. The van der Waals surface area contributed by atoms with Crippen molar-refractivity contribution in [2.24, 2.45) is 0 Å². The van der Waals surface area contributed by atoms with E-state index in [1.807, 2.05) is 23.1 Å². The summed E-state index contributed by atoms with van der Waals surface area (Å²) in [4.78, 5) is 15.1. The van der Waals surface area contributed by atoms with Crippen LogP contribution < -0.4 is 4.46 Å². The van der Waals surface area contributed by atoms with Gasteiger partial charge in [0.25, 0.3) is 0 Å². The van der Waals surface area contributed by atoms with Crippen molar-refractivity contribution in [3.63, 3.8) is 0 Å². The van der Waals surface area contributed by atoms with E-state index >= 15 is 0 Å². The Bertz CT molecular complexity index is 671. The van der Waals surface area contributed by atoms with Gasteiger partial charge in [0.1, 0.15) is 0 Å². The summed E-state index contributed by atoms with van der Waals surface area (Å²) in [6, 6.07) is 16.8. The van der Waals surface area contributed by atoms with E-state index in [0.29, 0.717) is 15.0 Å².